The standard InChI is InChI=1S/C12H23NO/c13-11(9-10-5-1-2-6-10)12-7-3-4-8-14-12/h10-12H,1-9,13H2. The summed E-state index contributed by atoms with van der Waals surface area (Å²) in [6.45, 7) is 0.934. The Hall–Kier alpha value is -0.0800. The van der Waals surface area contributed by atoms with Crippen molar-refractivity contribution in [2.45, 2.75) is 63.5 Å². The quantitative estimate of drug-likeness (QED) is 0.754. The average Bonchev–Trinajstić information content (AvgIpc) is 2.72. The maximum absolute atomic E-state index is 6.20. The van der Waals surface area contributed by atoms with E-state index in [2.05, 4.69) is 0 Å². The molecule has 0 aromatic carbocycles. The summed E-state index contributed by atoms with van der Waals surface area (Å²) in [5.41, 5.74) is 6.20. The van der Waals surface area contributed by atoms with E-state index in [0.717, 1.165) is 12.5 Å². The molecule has 2 heteroatoms. The van der Waals surface area contributed by atoms with Crippen LogP contribution in [-0.4, -0.2) is 18.8 Å². The van der Waals surface area contributed by atoms with Crippen molar-refractivity contribution in [2.75, 3.05) is 6.61 Å². The van der Waals surface area contributed by atoms with Gasteiger partial charge in [-0.2, -0.15) is 0 Å². The molecule has 1 saturated heterocycles. The molecule has 14 heavy (non-hydrogen) atoms. The van der Waals surface area contributed by atoms with Gasteiger partial charge in [-0.25, -0.2) is 0 Å². The highest BCUT2D eigenvalue weighted by Gasteiger charge is 2.25. The zero-order valence-corrected chi connectivity index (χ0v) is 9.08. The van der Waals surface area contributed by atoms with E-state index in [0.29, 0.717) is 12.1 Å². The molecule has 2 N–H and O–H groups in total. The van der Waals surface area contributed by atoms with Crippen LogP contribution in [0.25, 0.3) is 0 Å². The summed E-state index contributed by atoms with van der Waals surface area (Å²) < 4.78 is 5.73. The van der Waals surface area contributed by atoms with Gasteiger partial charge in [0.1, 0.15) is 0 Å². The molecule has 0 radical (unpaired) electrons. The Labute approximate surface area is 87.2 Å². The Morgan fingerprint density at radius 2 is 1.79 bits per heavy atom. The fourth-order valence-electron chi connectivity index (χ4n) is 2.89. The molecule has 1 aliphatic heterocycles. The highest BCUT2D eigenvalue weighted by atomic mass is 16.5. The van der Waals surface area contributed by atoms with Gasteiger partial charge in [0.2, 0.25) is 0 Å². The van der Waals surface area contributed by atoms with Crippen LogP contribution >= 0.6 is 0 Å². The molecule has 0 bridgehead atoms. The van der Waals surface area contributed by atoms with E-state index in [1.165, 1.54) is 51.4 Å². The topological polar surface area (TPSA) is 35.2 Å². The minimum atomic E-state index is 0.304. The second-order valence-corrected chi connectivity index (χ2v) is 4.96. The molecule has 82 valence electrons. The van der Waals surface area contributed by atoms with Crippen LogP contribution in [0, 0.1) is 5.92 Å². The van der Waals surface area contributed by atoms with Crippen LogP contribution in [0.3, 0.4) is 0 Å². The smallest absolute Gasteiger partial charge is 0.0726 e. The molecule has 1 heterocycles. The van der Waals surface area contributed by atoms with Crippen LogP contribution in [0.5, 0.6) is 0 Å². The second-order valence-electron chi connectivity index (χ2n) is 4.96. The monoisotopic (exact) mass is 197 g/mol. The molecule has 0 amide bonds. The third-order valence-corrected chi connectivity index (χ3v) is 3.77. The van der Waals surface area contributed by atoms with Crippen molar-refractivity contribution in [1.29, 1.82) is 0 Å². The fraction of sp³-hybridized carbons (Fsp3) is 1.00. The van der Waals surface area contributed by atoms with Crippen LogP contribution in [0.4, 0.5) is 0 Å². The summed E-state index contributed by atoms with van der Waals surface area (Å²) in [6, 6.07) is 0.304. The molecule has 0 spiro atoms. The molecule has 1 saturated carbocycles. The van der Waals surface area contributed by atoms with Gasteiger partial charge in [-0.1, -0.05) is 25.7 Å². The molecule has 1 aliphatic carbocycles. The Bertz CT molecular complexity index is 160. The first kappa shape index (κ1) is 10.4. The molecule has 2 fully saturated rings. The highest BCUT2D eigenvalue weighted by Crippen LogP contribution is 2.30. The minimum absolute atomic E-state index is 0.304. The normalized spacial score (nSPS) is 31.9. The predicted molar refractivity (Wildman–Crippen MR) is 58.1 cm³/mol. The fourth-order valence-corrected chi connectivity index (χ4v) is 2.89. The van der Waals surface area contributed by atoms with E-state index >= 15 is 0 Å². The highest BCUT2D eigenvalue weighted by molar-refractivity contribution is 4.80. The predicted octanol–water partition coefficient (Wildman–Crippen LogP) is 2.46. The van der Waals surface area contributed by atoms with Crippen molar-refractivity contribution in [1.82, 2.24) is 0 Å². The SMILES string of the molecule is NC(CC1CCCC1)C1CCCCO1. The Morgan fingerprint density at radius 1 is 1.07 bits per heavy atom. The number of hydrogen-bond donors (Lipinski definition) is 1. The zero-order valence-electron chi connectivity index (χ0n) is 9.08. The van der Waals surface area contributed by atoms with Crippen molar-refractivity contribution in [3.63, 3.8) is 0 Å². The molecule has 2 rings (SSSR count). The van der Waals surface area contributed by atoms with Gasteiger partial charge in [-0.05, 0) is 31.6 Å². The number of ether oxygens (including phenoxy) is 1. The van der Waals surface area contributed by atoms with E-state index in [1.807, 2.05) is 0 Å². The lowest BCUT2D eigenvalue weighted by molar-refractivity contribution is -0.00388. The maximum Gasteiger partial charge on any atom is 0.0726 e. The Balaban J connectivity index is 1.72. The molecule has 2 unspecified atom stereocenters. The minimum Gasteiger partial charge on any atom is -0.377 e. The first-order chi connectivity index (χ1) is 6.86. The molecule has 2 aliphatic rings. The first-order valence-corrected chi connectivity index (χ1v) is 6.23. The van der Waals surface area contributed by atoms with Crippen molar-refractivity contribution in [3.05, 3.63) is 0 Å². The molecule has 0 aromatic rings. The lowest BCUT2D eigenvalue weighted by Crippen LogP contribution is -2.40. The summed E-state index contributed by atoms with van der Waals surface area (Å²) in [4.78, 5) is 0. The largest absolute Gasteiger partial charge is 0.377 e. The van der Waals surface area contributed by atoms with Crippen molar-refractivity contribution < 1.29 is 4.74 Å². The molecule has 2 atom stereocenters. The van der Waals surface area contributed by atoms with Crippen molar-refractivity contribution in [3.8, 4) is 0 Å². The summed E-state index contributed by atoms with van der Waals surface area (Å²) in [5, 5.41) is 0. The van der Waals surface area contributed by atoms with Crippen molar-refractivity contribution >= 4 is 0 Å². The first-order valence-electron chi connectivity index (χ1n) is 6.23. The third kappa shape index (κ3) is 2.71. The van der Waals surface area contributed by atoms with E-state index < -0.39 is 0 Å². The Kier molecular flexibility index (Phi) is 3.82. The molecular weight excluding hydrogens is 174 g/mol. The summed E-state index contributed by atoms with van der Waals surface area (Å²) >= 11 is 0. The van der Waals surface area contributed by atoms with Crippen LogP contribution in [0.2, 0.25) is 0 Å². The van der Waals surface area contributed by atoms with Gasteiger partial charge in [-0.3, -0.25) is 0 Å². The van der Waals surface area contributed by atoms with Crippen LogP contribution in [-0.2, 0) is 4.74 Å². The van der Waals surface area contributed by atoms with Gasteiger partial charge < -0.3 is 10.5 Å². The third-order valence-electron chi connectivity index (χ3n) is 3.77. The van der Waals surface area contributed by atoms with Gasteiger partial charge in [0.15, 0.2) is 0 Å². The lowest BCUT2D eigenvalue weighted by atomic mass is 9.92. The van der Waals surface area contributed by atoms with Gasteiger partial charge in [0, 0.05) is 12.6 Å². The maximum atomic E-state index is 6.20. The molecular formula is C12H23NO. The zero-order chi connectivity index (χ0) is 9.80. The summed E-state index contributed by atoms with van der Waals surface area (Å²) in [6.07, 6.45) is 10.9. The number of hydrogen-bond acceptors (Lipinski definition) is 2. The molecule has 0 aromatic heterocycles. The van der Waals surface area contributed by atoms with Gasteiger partial charge in [-0.15, -0.1) is 0 Å². The number of nitrogens with two attached hydrogens (primary N) is 1. The lowest BCUT2D eigenvalue weighted by Gasteiger charge is -2.29. The summed E-state index contributed by atoms with van der Waals surface area (Å²) in [5.74, 6) is 0.899. The van der Waals surface area contributed by atoms with Crippen LogP contribution in [0.1, 0.15) is 51.4 Å². The van der Waals surface area contributed by atoms with E-state index in [4.69, 9.17) is 10.5 Å². The Morgan fingerprint density at radius 3 is 2.43 bits per heavy atom. The van der Waals surface area contributed by atoms with Crippen LogP contribution < -0.4 is 5.73 Å². The van der Waals surface area contributed by atoms with E-state index in [-0.39, 0.29) is 0 Å². The van der Waals surface area contributed by atoms with Gasteiger partial charge in [0.05, 0.1) is 6.10 Å². The van der Waals surface area contributed by atoms with E-state index in [1.54, 1.807) is 0 Å². The summed E-state index contributed by atoms with van der Waals surface area (Å²) in [7, 11) is 0. The van der Waals surface area contributed by atoms with Gasteiger partial charge >= 0.3 is 0 Å². The second kappa shape index (κ2) is 5.13. The van der Waals surface area contributed by atoms with Crippen molar-refractivity contribution in [2.24, 2.45) is 11.7 Å². The van der Waals surface area contributed by atoms with Gasteiger partial charge in [0.25, 0.3) is 0 Å². The number of rotatable bonds is 3. The average molecular weight is 197 g/mol. The van der Waals surface area contributed by atoms with Crippen LogP contribution in [0.15, 0.2) is 0 Å². The molecule has 2 nitrogen and oxygen atoms in total. The van der Waals surface area contributed by atoms with E-state index in [9.17, 15) is 0 Å².